The number of halogens is 1. The lowest BCUT2D eigenvalue weighted by Crippen LogP contribution is -2.30. The molecule has 6 nitrogen and oxygen atoms in total. The molecule has 0 fully saturated rings. The minimum atomic E-state index is -0.741. The van der Waals surface area contributed by atoms with E-state index < -0.39 is 12.0 Å². The third-order valence-electron chi connectivity index (χ3n) is 3.77. The quantitative estimate of drug-likeness (QED) is 0.727. The highest BCUT2D eigenvalue weighted by Crippen LogP contribution is 2.19. The predicted octanol–water partition coefficient (Wildman–Crippen LogP) is 3.84. The Morgan fingerprint density at radius 2 is 1.88 bits per heavy atom. The maximum Gasteiger partial charge on any atom is 0.270 e. The average Bonchev–Trinajstić information content (AvgIpc) is 3.11. The first kappa shape index (κ1) is 17.6. The van der Waals surface area contributed by atoms with Gasteiger partial charge in [-0.3, -0.25) is 10.1 Å². The van der Waals surface area contributed by atoms with Gasteiger partial charge in [-0.15, -0.1) is 0 Å². The van der Waals surface area contributed by atoms with Gasteiger partial charge in [0, 0.05) is 5.56 Å². The molecule has 0 radical (unpaired) electrons. The van der Waals surface area contributed by atoms with Crippen LogP contribution in [0.25, 0.3) is 11.5 Å². The second kappa shape index (κ2) is 7.77. The zero-order chi connectivity index (χ0) is 18.5. The molecule has 0 aliphatic rings. The Bertz CT molecular complexity index is 876. The van der Waals surface area contributed by atoms with Gasteiger partial charge in [-0.2, -0.15) is 4.98 Å². The Morgan fingerprint density at radius 3 is 2.54 bits per heavy atom. The van der Waals surface area contributed by atoms with Crippen LogP contribution in [0.2, 0.25) is 0 Å². The fourth-order valence-electron chi connectivity index (χ4n) is 2.26. The number of aryl methyl sites for hydroxylation is 1. The number of rotatable bonds is 6. The zero-order valence-corrected chi connectivity index (χ0v) is 14.4. The predicted molar refractivity (Wildman–Crippen MR) is 94.2 cm³/mol. The number of aromatic nitrogens is 2. The SMILES string of the molecule is CCc1ccc(O[C@@H](C)C(=O)Nc2noc(-c3ccc(F)cc3)n2)cc1. The first-order chi connectivity index (χ1) is 12.5. The smallest absolute Gasteiger partial charge is 0.270 e. The maximum atomic E-state index is 13.0. The normalized spacial score (nSPS) is 11.8. The van der Waals surface area contributed by atoms with E-state index in [1.54, 1.807) is 6.92 Å². The summed E-state index contributed by atoms with van der Waals surface area (Å²) in [5.74, 6) is 0.0378. The van der Waals surface area contributed by atoms with Crippen molar-refractivity contribution in [2.45, 2.75) is 26.4 Å². The fourth-order valence-corrected chi connectivity index (χ4v) is 2.26. The number of hydrogen-bond acceptors (Lipinski definition) is 5. The van der Waals surface area contributed by atoms with Crippen LogP contribution in [0.4, 0.5) is 10.3 Å². The number of carbonyl (C=O) groups excluding carboxylic acids is 1. The maximum absolute atomic E-state index is 13.0. The molecular formula is C19H18FN3O3. The molecule has 7 heteroatoms. The van der Waals surface area contributed by atoms with Crippen molar-refractivity contribution in [3.05, 3.63) is 59.9 Å². The number of amides is 1. The molecule has 1 atom stereocenters. The summed E-state index contributed by atoms with van der Waals surface area (Å²) in [6.07, 6.45) is 0.195. The van der Waals surface area contributed by atoms with Crippen molar-refractivity contribution >= 4 is 11.9 Å². The van der Waals surface area contributed by atoms with Gasteiger partial charge in [0.15, 0.2) is 6.10 Å². The standard InChI is InChI=1S/C19H18FN3O3/c1-3-13-4-10-16(11-5-13)25-12(2)17(24)21-19-22-18(26-23-19)14-6-8-15(20)9-7-14/h4-12H,3H2,1-2H3,(H,21,23,24)/t12-/m0/s1. The van der Waals surface area contributed by atoms with E-state index in [1.165, 1.54) is 29.8 Å². The molecule has 1 N–H and O–H groups in total. The van der Waals surface area contributed by atoms with E-state index in [2.05, 4.69) is 22.4 Å². The van der Waals surface area contributed by atoms with E-state index in [0.717, 1.165) is 6.42 Å². The Kier molecular flexibility index (Phi) is 5.26. The van der Waals surface area contributed by atoms with Gasteiger partial charge in [0.25, 0.3) is 17.7 Å². The molecule has 0 saturated heterocycles. The highest BCUT2D eigenvalue weighted by molar-refractivity contribution is 5.92. The molecule has 26 heavy (non-hydrogen) atoms. The summed E-state index contributed by atoms with van der Waals surface area (Å²) >= 11 is 0. The molecule has 1 aromatic heterocycles. The molecule has 0 spiro atoms. The number of carbonyl (C=O) groups is 1. The number of nitrogens with zero attached hydrogens (tertiary/aromatic N) is 2. The average molecular weight is 355 g/mol. The third-order valence-corrected chi connectivity index (χ3v) is 3.77. The Hall–Kier alpha value is -3.22. The van der Waals surface area contributed by atoms with Gasteiger partial charge in [0.1, 0.15) is 11.6 Å². The summed E-state index contributed by atoms with van der Waals surface area (Å²) in [5.41, 5.74) is 1.74. The summed E-state index contributed by atoms with van der Waals surface area (Å²) in [6.45, 7) is 3.70. The van der Waals surface area contributed by atoms with Crippen LogP contribution < -0.4 is 10.1 Å². The molecule has 0 unspecified atom stereocenters. The fraction of sp³-hybridized carbons (Fsp3) is 0.211. The lowest BCUT2D eigenvalue weighted by molar-refractivity contribution is -0.122. The van der Waals surface area contributed by atoms with Gasteiger partial charge < -0.3 is 9.26 Å². The minimum Gasteiger partial charge on any atom is -0.481 e. The molecule has 3 aromatic rings. The topological polar surface area (TPSA) is 77.2 Å². The zero-order valence-electron chi connectivity index (χ0n) is 14.4. The molecule has 0 aliphatic carbocycles. The van der Waals surface area contributed by atoms with Crippen molar-refractivity contribution in [3.8, 4) is 17.2 Å². The van der Waals surface area contributed by atoms with Crippen molar-refractivity contribution in [1.82, 2.24) is 10.1 Å². The number of benzene rings is 2. The molecule has 1 heterocycles. The number of hydrogen-bond donors (Lipinski definition) is 1. The van der Waals surface area contributed by atoms with E-state index in [1.807, 2.05) is 24.3 Å². The van der Waals surface area contributed by atoms with Crippen LogP contribution in [0.1, 0.15) is 19.4 Å². The Labute approximate surface area is 150 Å². The van der Waals surface area contributed by atoms with Crippen molar-refractivity contribution in [2.24, 2.45) is 0 Å². The van der Waals surface area contributed by atoms with E-state index in [9.17, 15) is 9.18 Å². The largest absolute Gasteiger partial charge is 0.481 e. The Morgan fingerprint density at radius 1 is 1.19 bits per heavy atom. The first-order valence-corrected chi connectivity index (χ1v) is 8.21. The van der Waals surface area contributed by atoms with Gasteiger partial charge >= 0.3 is 0 Å². The van der Waals surface area contributed by atoms with E-state index >= 15 is 0 Å². The molecule has 0 saturated carbocycles. The van der Waals surface area contributed by atoms with Gasteiger partial charge in [0.2, 0.25) is 0 Å². The van der Waals surface area contributed by atoms with Crippen LogP contribution in [0.5, 0.6) is 5.75 Å². The lowest BCUT2D eigenvalue weighted by atomic mass is 10.2. The van der Waals surface area contributed by atoms with Gasteiger partial charge in [0.05, 0.1) is 0 Å². The van der Waals surface area contributed by atoms with Crippen molar-refractivity contribution < 1.29 is 18.4 Å². The van der Waals surface area contributed by atoms with Crippen LogP contribution in [-0.4, -0.2) is 22.2 Å². The van der Waals surface area contributed by atoms with Crippen molar-refractivity contribution in [3.63, 3.8) is 0 Å². The van der Waals surface area contributed by atoms with Gasteiger partial charge in [-0.25, -0.2) is 4.39 Å². The van der Waals surface area contributed by atoms with Crippen LogP contribution in [-0.2, 0) is 11.2 Å². The van der Waals surface area contributed by atoms with E-state index in [-0.39, 0.29) is 17.7 Å². The van der Waals surface area contributed by atoms with Crippen LogP contribution in [0, 0.1) is 5.82 Å². The number of ether oxygens (including phenoxy) is 1. The van der Waals surface area contributed by atoms with Crippen LogP contribution in [0.15, 0.2) is 53.1 Å². The van der Waals surface area contributed by atoms with Gasteiger partial charge in [-0.1, -0.05) is 19.1 Å². The molecule has 1 amide bonds. The lowest BCUT2D eigenvalue weighted by Gasteiger charge is -2.13. The Balaban J connectivity index is 1.61. The third kappa shape index (κ3) is 4.24. The van der Waals surface area contributed by atoms with Crippen LogP contribution >= 0.6 is 0 Å². The van der Waals surface area contributed by atoms with Crippen LogP contribution in [0.3, 0.4) is 0 Å². The molecule has 3 rings (SSSR count). The number of nitrogens with one attached hydrogen (secondary N) is 1. The highest BCUT2D eigenvalue weighted by Gasteiger charge is 2.18. The van der Waals surface area contributed by atoms with Crippen molar-refractivity contribution in [2.75, 3.05) is 5.32 Å². The monoisotopic (exact) mass is 355 g/mol. The first-order valence-electron chi connectivity index (χ1n) is 8.21. The highest BCUT2D eigenvalue weighted by atomic mass is 19.1. The molecule has 2 aromatic carbocycles. The van der Waals surface area contributed by atoms with E-state index in [0.29, 0.717) is 11.3 Å². The molecule has 0 bridgehead atoms. The molecule has 0 aliphatic heterocycles. The second-order valence-electron chi connectivity index (χ2n) is 5.68. The minimum absolute atomic E-state index is 0.0195. The summed E-state index contributed by atoms with van der Waals surface area (Å²) < 4.78 is 23.6. The summed E-state index contributed by atoms with van der Waals surface area (Å²) in [5, 5.41) is 6.23. The summed E-state index contributed by atoms with van der Waals surface area (Å²) in [4.78, 5) is 16.3. The molecule has 134 valence electrons. The summed E-state index contributed by atoms with van der Waals surface area (Å²) in [7, 11) is 0. The number of anilines is 1. The van der Waals surface area contributed by atoms with E-state index in [4.69, 9.17) is 9.26 Å². The molecular weight excluding hydrogens is 337 g/mol. The van der Waals surface area contributed by atoms with Crippen molar-refractivity contribution in [1.29, 1.82) is 0 Å². The summed E-state index contributed by atoms with van der Waals surface area (Å²) in [6, 6.07) is 13.2. The second-order valence-corrected chi connectivity index (χ2v) is 5.68. The van der Waals surface area contributed by atoms with Gasteiger partial charge in [-0.05, 0) is 60.5 Å².